The summed E-state index contributed by atoms with van der Waals surface area (Å²) < 4.78 is 12.4. The van der Waals surface area contributed by atoms with E-state index in [1.165, 1.54) is 0 Å². The van der Waals surface area contributed by atoms with E-state index < -0.39 is 0 Å². The SMILES string of the molecule is [2H][C@H]1OC=CCC1CC=C. The van der Waals surface area contributed by atoms with Gasteiger partial charge in [0.1, 0.15) is 0 Å². The Morgan fingerprint density at radius 2 is 2.89 bits per heavy atom. The summed E-state index contributed by atoms with van der Waals surface area (Å²) >= 11 is 0. The Bertz CT molecular complexity index is 142. The summed E-state index contributed by atoms with van der Waals surface area (Å²) in [5.74, 6) is 0.308. The van der Waals surface area contributed by atoms with E-state index in [-0.39, 0.29) is 6.58 Å². The predicted molar refractivity (Wildman–Crippen MR) is 38.0 cm³/mol. The first-order valence-electron chi connectivity index (χ1n) is 3.76. The highest BCUT2D eigenvalue weighted by atomic mass is 16.5. The van der Waals surface area contributed by atoms with Crippen molar-refractivity contribution in [2.24, 2.45) is 5.92 Å². The lowest BCUT2D eigenvalue weighted by atomic mass is 10.0. The third-order valence-electron chi connectivity index (χ3n) is 1.35. The molecule has 0 amide bonds. The highest BCUT2D eigenvalue weighted by Gasteiger charge is 2.07. The molecule has 0 aromatic heterocycles. The number of ether oxygens (including phenoxy) is 1. The summed E-state index contributed by atoms with van der Waals surface area (Å²) in [4.78, 5) is 0. The second-order valence-electron chi connectivity index (χ2n) is 2.16. The number of allylic oxidation sites excluding steroid dienone is 2. The number of rotatable bonds is 2. The van der Waals surface area contributed by atoms with Crippen LogP contribution >= 0.6 is 0 Å². The van der Waals surface area contributed by atoms with Crippen molar-refractivity contribution >= 4 is 0 Å². The second kappa shape index (κ2) is 3.33. The Morgan fingerprint density at radius 1 is 2.00 bits per heavy atom. The molecule has 1 heterocycles. The van der Waals surface area contributed by atoms with Crippen molar-refractivity contribution in [1.29, 1.82) is 0 Å². The van der Waals surface area contributed by atoms with E-state index in [9.17, 15) is 0 Å². The highest BCUT2D eigenvalue weighted by Crippen LogP contribution is 2.14. The van der Waals surface area contributed by atoms with Crippen molar-refractivity contribution in [3.8, 4) is 0 Å². The molecule has 1 nitrogen and oxygen atoms in total. The van der Waals surface area contributed by atoms with E-state index in [1.807, 2.05) is 12.2 Å². The molecule has 0 aromatic carbocycles. The Labute approximate surface area is 57.4 Å². The third kappa shape index (κ3) is 1.92. The summed E-state index contributed by atoms with van der Waals surface area (Å²) in [7, 11) is 0. The molecule has 1 rings (SSSR count). The van der Waals surface area contributed by atoms with Gasteiger partial charge >= 0.3 is 0 Å². The molecule has 1 heteroatoms. The van der Waals surface area contributed by atoms with Crippen LogP contribution in [-0.4, -0.2) is 6.58 Å². The van der Waals surface area contributed by atoms with Gasteiger partial charge in [-0.3, -0.25) is 0 Å². The van der Waals surface area contributed by atoms with E-state index in [0.29, 0.717) is 5.92 Å². The van der Waals surface area contributed by atoms with Gasteiger partial charge in [0.15, 0.2) is 0 Å². The minimum atomic E-state index is -0.386. The van der Waals surface area contributed by atoms with Crippen molar-refractivity contribution in [3.63, 3.8) is 0 Å². The zero-order valence-corrected chi connectivity index (χ0v) is 5.42. The molecule has 0 spiro atoms. The highest BCUT2D eigenvalue weighted by molar-refractivity contribution is 4.85. The quantitative estimate of drug-likeness (QED) is 0.513. The minimum Gasteiger partial charge on any atom is -0.501 e. The van der Waals surface area contributed by atoms with Crippen LogP contribution in [0.4, 0.5) is 0 Å². The molecule has 1 unspecified atom stereocenters. The first kappa shape index (κ1) is 5.10. The third-order valence-corrected chi connectivity index (χ3v) is 1.35. The minimum absolute atomic E-state index is 0.308. The lowest BCUT2D eigenvalue weighted by molar-refractivity contribution is 0.178. The molecule has 0 saturated carbocycles. The van der Waals surface area contributed by atoms with Gasteiger partial charge in [-0.1, -0.05) is 6.08 Å². The van der Waals surface area contributed by atoms with E-state index in [0.717, 1.165) is 12.8 Å². The van der Waals surface area contributed by atoms with Gasteiger partial charge in [-0.2, -0.15) is 0 Å². The summed E-state index contributed by atoms with van der Waals surface area (Å²) in [5, 5.41) is 0. The fraction of sp³-hybridized carbons (Fsp3) is 0.500. The van der Waals surface area contributed by atoms with E-state index >= 15 is 0 Å². The smallest absolute Gasteiger partial charge is 0.0907 e. The van der Waals surface area contributed by atoms with Crippen molar-refractivity contribution in [2.75, 3.05) is 6.58 Å². The summed E-state index contributed by atoms with van der Waals surface area (Å²) in [5.41, 5.74) is 0. The molecule has 2 atom stereocenters. The first-order valence-corrected chi connectivity index (χ1v) is 3.18. The van der Waals surface area contributed by atoms with E-state index in [1.54, 1.807) is 6.26 Å². The predicted octanol–water partition coefficient (Wildman–Crippen LogP) is 2.11. The standard InChI is InChI=1S/C8H12O/c1-2-4-8-5-3-6-9-7-8/h2-3,6,8H,1,4-5,7H2/i7D/t7-,8?/m1/s1. The average Bonchev–Trinajstić information content (AvgIpc) is 1.94. The maximum atomic E-state index is 7.41. The van der Waals surface area contributed by atoms with Gasteiger partial charge in [-0.25, -0.2) is 0 Å². The van der Waals surface area contributed by atoms with Crippen molar-refractivity contribution in [3.05, 3.63) is 25.0 Å². The van der Waals surface area contributed by atoms with Crippen molar-refractivity contribution in [2.45, 2.75) is 12.8 Å². The zero-order chi connectivity index (χ0) is 7.40. The van der Waals surface area contributed by atoms with Crippen LogP contribution in [0.5, 0.6) is 0 Å². The fourth-order valence-electron chi connectivity index (χ4n) is 0.864. The average molecular weight is 125 g/mol. The maximum absolute atomic E-state index is 7.41. The molecule has 0 aliphatic carbocycles. The zero-order valence-electron chi connectivity index (χ0n) is 6.42. The number of hydrogen-bond acceptors (Lipinski definition) is 1. The molecule has 50 valence electrons. The van der Waals surface area contributed by atoms with Crippen LogP contribution < -0.4 is 0 Å². The molecular weight excluding hydrogens is 112 g/mol. The van der Waals surface area contributed by atoms with Crippen LogP contribution in [0.25, 0.3) is 0 Å². The lowest BCUT2D eigenvalue weighted by Crippen LogP contribution is -2.08. The van der Waals surface area contributed by atoms with Gasteiger partial charge in [0.25, 0.3) is 0 Å². The molecule has 0 bridgehead atoms. The molecule has 0 N–H and O–H groups in total. The fourth-order valence-corrected chi connectivity index (χ4v) is 0.864. The van der Waals surface area contributed by atoms with Crippen molar-refractivity contribution < 1.29 is 6.11 Å². The van der Waals surface area contributed by atoms with Gasteiger partial charge in [0.2, 0.25) is 0 Å². The molecular formula is C8H12O. The van der Waals surface area contributed by atoms with Crippen LogP contribution in [0.1, 0.15) is 14.2 Å². The van der Waals surface area contributed by atoms with Gasteiger partial charge < -0.3 is 4.74 Å². The van der Waals surface area contributed by atoms with Crippen LogP contribution in [0, 0.1) is 5.92 Å². The van der Waals surface area contributed by atoms with Crippen molar-refractivity contribution in [1.82, 2.24) is 0 Å². The molecule has 1 aliphatic rings. The van der Waals surface area contributed by atoms with Gasteiger partial charge in [-0.05, 0) is 24.8 Å². The summed E-state index contributed by atoms with van der Waals surface area (Å²) in [6.07, 6.45) is 7.23. The summed E-state index contributed by atoms with van der Waals surface area (Å²) in [6, 6.07) is 0. The largest absolute Gasteiger partial charge is 0.501 e. The van der Waals surface area contributed by atoms with Crippen LogP contribution in [0.2, 0.25) is 0 Å². The molecule has 0 saturated heterocycles. The van der Waals surface area contributed by atoms with E-state index in [2.05, 4.69) is 6.58 Å². The Morgan fingerprint density at radius 3 is 3.56 bits per heavy atom. The first-order chi connectivity index (χ1) is 4.84. The molecule has 0 aromatic rings. The van der Waals surface area contributed by atoms with Crippen LogP contribution in [-0.2, 0) is 4.74 Å². The van der Waals surface area contributed by atoms with Crippen LogP contribution in [0.15, 0.2) is 25.0 Å². The van der Waals surface area contributed by atoms with Gasteiger partial charge in [0, 0.05) is 0 Å². The molecule has 9 heavy (non-hydrogen) atoms. The van der Waals surface area contributed by atoms with Gasteiger partial charge in [0.05, 0.1) is 14.2 Å². The Kier molecular flexibility index (Phi) is 1.89. The monoisotopic (exact) mass is 125 g/mol. The Balaban J connectivity index is 2.42. The lowest BCUT2D eigenvalue weighted by Gasteiger charge is -2.15. The molecule has 0 fully saturated rings. The summed E-state index contributed by atoms with van der Waals surface area (Å²) in [6.45, 7) is 3.24. The topological polar surface area (TPSA) is 9.23 Å². The van der Waals surface area contributed by atoms with Gasteiger partial charge in [-0.15, -0.1) is 6.58 Å². The maximum Gasteiger partial charge on any atom is 0.0907 e. The molecule has 1 aliphatic heterocycles. The Hall–Kier alpha value is -0.720. The second-order valence-corrected chi connectivity index (χ2v) is 2.16. The number of hydrogen-bond donors (Lipinski definition) is 0. The molecule has 0 radical (unpaired) electrons. The normalized spacial score (nSPS) is 34.9. The van der Waals surface area contributed by atoms with Crippen LogP contribution in [0.3, 0.4) is 0 Å². The van der Waals surface area contributed by atoms with E-state index in [4.69, 9.17) is 6.11 Å².